The van der Waals surface area contributed by atoms with Crippen molar-refractivity contribution < 1.29 is 23.5 Å². The highest BCUT2D eigenvalue weighted by atomic mass is 19.1. The predicted molar refractivity (Wildman–Crippen MR) is 188 cm³/mol. The summed E-state index contributed by atoms with van der Waals surface area (Å²) in [6.45, 7) is 13.3. The number of benzene rings is 3. The maximum Gasteiger partial charge on any atom is 0.262 e. The molecule has 11 nitrogen and oxygen atoms in total. The van der Waals surface area contributed by atoms with E-state index in [0.717, 1.165) is 49.4 Å². The quantitative estimate of drug-likeness (QED) is 0.169. The molecule has 0 unspecified atom stereocenters. The Kier molecular flexibility index (Phi) is 10.4. The van der Waals surface area contributed by atoms with E-state index in [2.05, 4.69) is 49.6 Å². The van der Waals surface area contributed by atoms with Gasteiger partial charge in [0.25, 0.3) is 5.91 Å². The maximum absolute atomic E-state index is 15.1. The predicted octanol–water partition coefficient (Wildman–Crippen LogP) is 6.31. The average Bonchev–Trinajstić information content (AvgIpc) is 3.07. The highest BCUT2D eigenvalue weighted by Crippen LogP contribution is 2.32. The molecule has 256 valence electrons. The van der Waals surface area contributed by atoms with E-state index in [-0.39, 0.29) is 29.0 Å². The second kappa shape index (κ2) is 15.0. The summed E-state index contributed by atoms with van der Waals surface area (Å²) in [4.78, 5) is 39.2. The van der Waals surface area contributed by atoms with Gasteiger partial charge in [-0.1, -0.05) is 24.3 Å². The Labute approximate surface area is 285 Å². The van der Waals surface area contributed by atoms with Gasteiger partial charge in [-0.05, 0) is 69.0 Å². The van der Waals surface area contributed by atoms with Crippen LogP contribution in [0.15, 0.2) is 60.8 Å². The molecule has 2 aliphatic rings. The van der Waals surface area contributed by atoms with Crippen LogP contribution in [0.4, 0.5) is 27.4 Å². The number of nitrogens with one attached hydrogen (secondary N) is 3. The lowest BCUT2D eigenvalue weighted by Crippen LogP contribution is -2.49. The first-order valence-corrected chi connectivity index (χ1v) is 16.6. The number of carbonyl (C=O) groups is 2. The summed E-state index contributed by atoms with van der Waals surface area (Å²) in [6, 6.07) is 16.2. The van der Waals surface area contributed by atoms with E-state index in [0.29, 0.717) is 48.3 Å². The molecule has 0 aliphatic carbocycles. The fourth-order valence-electron chi connectivity index (χ4n) is 5.99. The van der Waals surface area contributed by atoms with Crippen LogP contribution in [0.5, 0.6) is 17.4 Å². The van der Waals surface area contributed by atoms with Gasteiger partial charge in [0.2, 0.25) is 17.7 Å². The molecule has 12 heteroatoms. The van der Waals surface area contributed by atoms with Crippen LogP contribution in [0.2, 0.25) is 0 Å². The van der Waals surface area contributed by atoms with Gasteiger partial charge in [-0.2, -0.15) is 4.98 Å². The first-order chi connectivity index (χ1) is 23.6. The number of fused-ring (bicyclic) bond motifs is 1. The van der Waals surface area contributed by atoms with Crippen molar-refractivity contribution in [2.45, 2.75) is 46.6 Å². The van der Waals surface area contributed by atoms with E-state index >= 15 is 4.39 Å². The van der Waals surface area contributed by atoms with E-state index in [1.165, 1.54) is 12.3 Å². The number of para-hydroxylation sites is 1. The Balaban J connectivity index is 1.17. The minimum Gasteiger partial charge on any atom is -0.489 e. The van der Waals surface area contributed by atoms with Gasteiger partial charge in [0.05, 0.1) is 0 Å². The Morgan fingerprint density at radius 1 is 1.02 bits per heavy atom. The van der Waals surface area contributed by atoms with Gasteiger partial charge in [-0.25, -0.2) is 9.37 Å². The molecule has 2 aliphatic heterocycles. The van der Waals surface area contributed by atoms with Crippen LogP contribution in [0.25, 0.3) is 0 Å². The third kappa shape index (κ3) is 8.33. The average molecular weight is 668 g/mol. The number of carbonyl (C=O) groups excluding carboxylic acids is 2. The first-order valence-electron chi connectivity index (χ1n) is 16.6. The lowest BCUT2D eigenvalue weighted by atomic mass is 10.0. The number of rotatable bonds is 11. The standard InChI is InChI=1S/C37H42FN7O4/c1-23(2)45-16-14-44(15-17-45)18-19-48-32-12-10-27(20-30(32)38)40-37-39-22-29(35(47)42-34-24(3)6-5-7-25(34)4)36(43-37)49-28-11-8-26-9-13-33(46)41-31(26)21-28/h5-8,10-12,20-23H,9,13-19H2,1-4H3,(H,41,46)(H,42,47)(H,39,40,43). The largest absolute Gasteiger partial charge is 0.489 e. The number of ether oxygens (including phenoxy) is 2. The maximum atomic E-state index is 15.1. The zero-order chi connectivity index (χ0) is 34.5. The smallest absolute Gasteiger partial charge is 0.262 e. The van der Waals surface area contributed by atoms with Gasteiger partial charge in [-0.15, -0.1) is 0 Å². The summed E-state index contributed by atoms with van der Waals surface area (Å²) >= 11 is 0. The van der Waals surface area contributed by atoms with Gasteiger partial charge in [-0.3, -0.25) is 19.4 Å². The highest BCUT2D eigenvalue weighted by Gasteiger charge is 2.22. The van der Waals surface area contributed by atoms with E-state index in [1.54, 1.807) is 24.3 Å². The second-order valence-electron chi connectivity index (χ2n) is 12.7. The van der Waals surface area contributed by atoms with Crippen molar-refractivity contribution in [3.05, 3.63) is 88.9 Å². The molecule has 3 heterocycles. The third-order valence-corrected chi connectivity index (χ3v) is 8.90. The molecule has 1 saturated heterocycles. The van der Waals surface area contributed by atoms with Gasteiger partial charge in [0, 0.05) is 80.6 Å². The summed E-state index contributed by atoms with van der Waals surface area (Å²) in [5.74, 6) is -0.436. The van der Waals surface area contributed by atoms with Crippen molar-refractivity contribution >= 4 is 34.8 Å². The number of hydrogen-bond acceptors (Lipinski definition) is 9. The molecule has 6 rings (SSSR count). The number of hydrogen-bond donors (Lipinski definition) is 3. The number of anilines is 4. The lowest BCUT2D eigenvalue weighted by Gasteiger charge is -2.36. The lowest BCUT2D eigenvalue weighted by molar-refractivity contribution is -0.116. The third-order valence-electron chi connectivity index (χ3n) is 8.90. The van der Waals surface area contributed by atoms with Crippen molar-refractivity contribution in [1.82, 2.24) is 19.8 Å². The summed E-state index contributed by atoms with van der Waals surface area (Å²) in [5.41, 5.74) is 4.61. The summed E-state index contributed by atoms with van der Waals surface area (Å²) in [5, 5.41) is 8.83. The number of nitrogens with zero attached hydrogens (tertiary/aromatic N) is 4. The van der Waals surface area contributed by atoms with E-state index in [4.69, 9.17) is 9.47 Å². The molecule has 1 aromatic heterocycles. The number of halogens is 1. The van der Waals surface area contributed by atoms with Crippen LogP contribution in [-0.2, 0) is 11.2 Å². The normalized spacial score (nSPS) is 15.0. The van der Waals surface area contributed by atoms with Gasteiger partial charge in [0.1, 0.15) is 17.9 Å². The van der Waals surface area contributed by atoms with E-state index in [1.807, 2.05) is 38.1 Å². The van der Waals surface area contributed by atoms with Crippen LogP contribution in [-0.4, -0.2) is 77.0 Å². The fourth-order valence-corrected chi connectivity index (χ4v) is 5.99. The summed E-state index contributed by atoms with van der Waals surface area (Å²) in [6.07, 6.45) is 2.41. The summed E-state index contributed by atoms with van der Waals surface area (Å²) in [7, 11) is 0. The fraction of sp³-hybridized carbons (Fsp3) is 0.351. The first kappa shape index (κ1) is 33.8. The van der Waals surface area contributed by atoms with Crippen LogP contribution >= 0.6 is 0 Å². The minimum absolute atomic E-state index is 0.0158. The van der Waals surface area contributed by atoms with Crippen LogP contribution in [0.3, 0.4) is 0 Å². The van der Waals surface area contributed by atoms with Crippen molar-refractivity contribution in [2.75, 3.05) is 55.3 Å². The Morgan fingerprint density at radius 2 is 1.80 bits per heavy atom. The number of amides is 2. The second-order valence-corrected chi connectivity index (χ2v) is 12.7. The van der Waals surface area contributed by atoms with Crippen LogP contribution in [0.1, 0.15) is 47.3 Å². The van der Waals surface area contributed by atoms with Gasteiger partial charge >= 0.3 is 0 Å². The molecule has 2 amide bonds. The molecule has 0 spiro atoms. The summed E-state index contributed by atoms with van der Waals surface area (Å²) < 4.78 is 27.0. The zero-order valence-corrected chi connectivity index (χ0v) is 28.3. The van der Waals surface area contributed by atoms with Gasteiger partial charge in [0.15, 0.2) is 11.6 Å². The molecule has 0 atom stereocenters. The molecular weight excluding hydrogens is 625 g/mol. The number of piperazine rings is 1. The topological polar surface area (TPSA) is 121 Å². The molecule has 1 fully saturated rings. The van der Waals surface area contributed by atoms with Crippen LogP contribution in [0, 0.1) is 19.7 Å². The molecule has 0 bridgehead atoms. The van der Waals surface area contributed by atoms with Gasteiger partial charge < -0.3 is 25.4 Å². The monoisotopic (exact) mass is 667 g/mol. The Morgan fingerprint density at radius 3 is 2.53 bits per heavy atom. The zero-order valence-electron chi connectivity index (χ0n) is 28.3. The minimum atomic E-state index is -0.521. The molecule has 3 N–H and O–H groups in total. The number of aryl methyl sites for hydroxylation is 3. The number of aromatic nitrogens is 2. The molecule has 0 saturated carbocycles. The highest BCUT2D eigenvalue weighted by molar-refractivity contribution is 6.06. The van der Waals surface area contributed by atoms with E-state index < -0.39 is 11.7 Å². The van der Waals surface area contributed by atoms with Crippen LogP contribution < -0.4 is 25.4 Å². The molecule has 0 radical (unpaired) electrons. The molecule has 49 heavy (non-hydrogen) atoms. The Hall–Kier alpha value is -5.07. The molecular formula is C37H42FN7O4. The Bertz CT molecular complexity index is 1820. The van der Waals surface area contributed by atoms with E-state index in [9.17, 15) is 9.59 Å². The van der Waals surface area contributed by atoms with Crippen molar-refractivity contribution in [2.24, 2.45) is 0 Å². The molecule has 3 aromatic carbocycles. The molecule has 4 aromatic rings. The van der Waals surface area contributed by atoms with Crippen molar-refractivity contribution in [3.8, 4) is 17.4 Å². The van der Waals surface area contributed by atoms with Crippen molar-refractivity contribution in [3.63, 3.8) is 0 Å². The SMILES string of the molecule is Cc1cccc(C)c1NC(=O)c1cnc(Nc2ccc(OCCN3CCN(C(C)C)CC3)c(F)c2)nc1Oc1ccc2c(c1)NC(=O)CC2. The van der Waals surface area contributed by atoms with Crippen molar-refractivity contribution in [1.29, 1.82) is 0 Å².